The maximum Gasteiger partial charge on any atom is 0.319 e. The Morgan fingerprint density at radius 1 is 1.15 bits per heavy atom. The number of pyridine rings is 2. The van der Waals surface area contributed by atoms with E-state index in [1.54, 1.807) is 18.6 Å². The van der Waals surface area contributed by atoms with Gasteiger partial charge in [-0.2, -0.15) is 9.49 Å². The molecule has 166 valence electrons. The number of alkyl halides is 2. The summed E-state index contributed by atoms with van der Waals surface area (Å²) in [5, 5.41) is 12.8. The molecule has 0 saturated heterocycles. The van der Waals surface area contributed by atoms with Crippen molar-refractivity contribution >= 4 is 11.5 Å². The molecule has 0 radical (unpaired) electrons. The maximum atomic E-state index is 13.5. The van der Waals surface area contributed by atoms with Crippen LogP contribution in [0.3, 0.4) is 0 Å². The van der Waals surface area contributed by atoms with Crippen molar-refractivity contribution in [3.63, 3.8) is 0 Å². The van der Waals surface area contributed by atoms with E-state index < -0.39 is 18.4 Å². The average molecular weight is 452 g/mol. The van der Waals surface area contributed by atoms with Crippen LogP contribution < -0.4 is 4.90 Å². The normalized spacial score (nSPS) is 16.0. The molecule has 6 heterocycles. The van der Waals surface area contributed by atoms with Crippen LogP contribution in [0.25, 0.3) is 17.0 Å². The summed E-state index contributed by atoms with van der Waals surface area (Å²) in [6.07, 6.45) is 2.52. The highest BCUT2D eigenvalue weighted by Crippen LogP contribution is 2.37. The van der Waals surface area contributed by atoms with Crippen LogP contribution >= 0.6 is 0 Å². The van der Waals surface area contributed by atoms with E-state index in [2.05, 4.69) is 30.2 Å². The number of imidazole rings is 1. The fraction of sp³-hybridized carbons (Fsp3) is 0.190. The summed E-state index contributed by atoms with van der Waals surface area (Å²) in [4.78, 5) is 13.0. The van der Waals surface area contributed by atoms with Gasteiger partial charge in [-0.05, 0) is 30.3 Å². The fourth-order valence-electron chi connectivity index (χ4n) is 4.11. The molecule has 5 aromatic rings. The number of hydrogen-bond donors (Lipinski definition) is 1. The number of rotatable bonds is 4. The minimum absolute atomic E-state index is 0.107. The minimum Gasteiger partial charge on any atom is -0.403 e. The molecule has 0 unspecified atom stereocenters. The van der Waals surface area contributed by atoms with Gasteiger partial charge in [-0.1, -0.05) is 5.10 Å². The summed E-state index contributed by atoms with van der Waals surface area (Å²) in [7, 11) is 0. The Morgan fingerprint density at radius 3 is 2.88 bits per heavy atom. The smallest absolute Gasteiger partial charge is 0.319 e. The fourth-order valence-corrected chi connectivity index (χ4v) is 4.11. The molecular weight excluding hydrogens is 437 g/mol. The van der Waals surface area contributed by atoms with Gasteiger partial charge < -0.3 is 14.3 Å². The summed E-state index contributed by atoms with van der Waals surface area (Å²) < 4.78 is 47.5. The van der Waals surface area contributed by atoms with Crippen molar-refractivity contribution < 1.29 is 17.6 Å². The lowest BCUT2D eigenvalue weighted by Gasteiger charge is -2.32. The first-order valence-corrected chi connectivity index (χ1v) is 10.1. The van der Waals surface area contributed by atoms with Crippen molar-refractivity contribution in [3.8, 4) is 11.5 Å². The number of aromatic nitrogens is 7. The molecule has 1 aliphatic heterocycles. The monoisotopic (exact) mass is 452 g/mol. The molecule has 1 atom stereocenters. The third kappa shape index (κ3) is 3.22. The summed E-state index contributed by atoms with van der Waals surface area (Å²) in [5.41, 5.74) is 2.81. The average Bonchev–Trinajstić information content (AvgIpc) is 3.57. The molecule has 12 heteroatoms. The van der Waals surface area contributed by atoms with Gasteiger partial charge in [0.25, 0.3) is 12.3 Å². The predicted octanol–water partition coefficient (Wildman–Crippen LogP) is 3.73. The SMILES string of the molecule is Fc1ccc(-c2nnc(N3CCc4[nH]cnc4[C@H]3c3cc4c(C(F)F)cccn4n3)o2)cn1. The highest BCUT2D eigenvalue weighted by molar-refractivity contribution is 5.58. The number of H-pyrrole nitrogens is 1. The second-order valence-electron chi connectivity index (χ2n) is 7.53. The molecule has 0 aromatic carbocycles. The van der Waals surface area contributed by atoms with Crippen LogP contribution in [0.4, 0.5) is 19.2 Å². The molecule has 0 saturated carbocycles. The van der Waals surface area contributed by atoms with Crippen LogP contribution in [0.15, 0.2) is 53.5 Å². The highest BCUT2D eigenvalue weighted by atomic mass is 19.3. The van der Waals surface area contributed by atoms with Gasteiger partial charge in [-0.15, -0.1) is 5.10 Å². The van der Waals surface area contributed by atoms with E-state index in [0.29, 0.717) is 35.4 Å². The Balaban J connectivity index is 1.45. The largest absolute Gasteiger partial charge is 0.403 e. The maximum absolute atomic E-state index is 13.5. The van der Waals surface area contributed by atoms with Crippen molar-refractivity contribution in [2.24, 2.45) is 0 Å². The van der Waals surface area contributed by atoms with Gasteiger partial charge in [0.15, 0.2) is 0 Å². The molecule has 0 amide bonds. The first-order valence-electron chi connectivity index (χ1n) is 10.1. The molecule has 9 nitrogen and oxygen atoms in total. The van der Waals surface area contributed by atoms with E-state index in [9.17, 15) is 13.2 Å². The van der Waals surface area contributed by atoms with Gasteiger partial charge in [0.1, 0.15) is 6.04 Å². The highest BCUT2D eigenvalue weighted by Gasteiger charge is 2.36. The number of fused-ring (bicyclic) bond motifs is 2. The van der Waals surface area contributed by atoms with Crippen molar-refractivity contribution in [2.45, 2.75) is 18.9 Å². The van der Waals surface area contributed by atoms with E-state index >= 15 is 0 Å². The molecule has 6 rings (SSSR count). The molecule has 5 aromatic heterocycles. The van der Waals surface area contributed by atoms with Crippen LogP contribution in [0, 0.1) is 5.95 Å². The van der Waals surface area contributed by atoms with Gasteiger partial charge in [0, 0.05) is 36.6 Å². The molecular formula is C21H15F3N8O. The van der Waals surface area contributed by atoms with Gasteiger partial charge in [0.2, 0.25) is 5.95 Å². The van der Waals surface area contributed by atoms with Gasteiger partial charge >= 0.3 is 6.01 Å². The summed E-state index contributed by atoms with van der Waals surface area (Å²) >= 11 is 0. The third-order valence-corrected chi connectivity index (χ3v) is 5.63. The van der Waals surface area contributed by atoms with Crippen LogP contribution in [0.2, 0.25) is 0 Å². The first kappa shape index (κ1) is 19.5. The molecule has 0 aliphatic carbocycles. The summed E-state index contributed by atoms with van der Waals surface area (Å²) in [5.74, 6) is -0.435. The Bertz CT molecular complexity index is 1440. The lowest BCUT2D eigenvalue weighted by atomic mass is 10.00. The Labute approximate surface area is 183 Å². The number of nitrogens with one attached hydrogen (secondary N) is 1. The quantitative estimate of drug-likeness (QED) is 0.415. The van der Waals surface area contributed by atoms with Crippen LogP contribution in [-0.4, -0.2) is 41.3 Å². The van der Waals surface area contributed by atoms with Gasteiger partial charge in [-0.25, -0.2) is 23.3 Å². The Morgan fingerprint density at radius 2 is 2.06 bits per heavy atom. The standard InChI is InChI=1S/C21H15F3N8O/c22-16-4-3-11(9-25-16)20-28-29-21(33-20)31-7-5-13-17(27-10-26-13)18(31)14-8-15-12(19(23)24)2-1-6-32(15)30-14/h1-4,6,8-10,18-19H,5,7H2,(H,26,27)/t18-/m1/s1. The van der Waals surface area contributed by atoms with Gasteiger partial charge in [-0.3, -0.25) is 0 Å². The van der Waals surface area contributed by atoms with E-state index in [0.717, 1.165) is 5.69 Å². The lowest BCUT2D eigenvalue weighted by molar-refractivity contribution is 0.152. The minimum atomic E-state index is -2.63. The van der Waals surface area contributed by atoms with E-state index in [1.165, 1.54) is 35.0 Å². The van der Waals surface area contributed by atoms with Crippen LogP contribution in [-0.2, 0) is 6.42 Å². The predicted molar refractivity (Wildman–Crippen MR) is 109 cm³/mol. The molecule has 0 bridgehead atoms. The molecule has 1 aliphatic rings. The van der Waals surface area contributed by atoms with Crippen molar-refractivity contribution in [1.82, 2.24) is 34.8 Å². The number of anilines is 1. The third-order valence-electron chi connectivity index (χ3n) is 5.63. The van der Waals surface area contributed by atoms with Crippen LogP contribution in [0.5, 0.6) is 0 Å². The van der Waals surface area contributed by atoms with E-state index in [1.807, 2.05) is 4.90 Å². The zero-order valence-electron chi connectivity index (χ0n) is 16.9. The van der Waals surface area contributed by atoms with Crippen molar-refractivity contribution in [2.75, 3.05) is 11.4 Å². The number of nitrogens with zero attached hydrogens (tertiary/aromatic N) is 7. The molecule has 0 fully saturated rings. The molecule has 1 N–H and O–H groups in total. The molecule has 0 spiro atoms. The van der Waals surface area contributed by atoms with Gasteiger partial charge in [0.05, 0.1) is 28.8 Å². The van der Waals surface area contributed by atoms with Crippen molar-refractivity contribution in [1.29, 1.82) is 0 Å². The Hall–Kier alpha value is -4.22. The topological polar surface area (TPSA) is 101 Å². The first-order chi connectivity index (χ1) is 16.1. The Kier molecular flexibility index (Phi) is 4.38. The summed E-state index contributed by atoms with van der Waals surface area (Å²) in [6, 6.07) is 6.91. The molecule has 33 heavy (non-hydrogen) atoms. The summed E-state index contributed by atoms with van der Waals surface area (Å²) in [6.45, 7) is 0.499. The van der Waals surface area contributed by atoms with Crippen molar-refractivity contribution in [3.05, 3.63) is 77.6 Å². The lowest BCUT2D eigenvalue weighted by Crippen LogP contribution is -2.36. The number of halogens is 3. The zero-order valence-corrected chi connectivity index (χ0v) is 16.9. The zero-order chi connectivity index (χ0) is 22.5. The second kappa shape index (κ2) is 7.43. The second-order valence-corrected chi connectivity index (χ2v) is 7.53. The number of aromatic amines is 1. The van der Waals surface area contributed by atoms with E-state index in [-0.39, 0.29) is 17.5 Å². The van der Waals surface area contributed by atoms with Crippen LogP contribution in [0.1, 0.15) is 35.1 Å². The van der Waals surface area contributed by atoms with E-state index in [4.69, 9.17) is 4.42 Å². The number of hydrogen-bond acceptors (Lipinski definition) is 7.